The summed E-state index contributed by atoms with van der Waals surface area (Å²) in [4.78, 5) is 16.7. The summed E-state index contributed by atoms with van der Waals surface area (Å²) in [7, 11) is 0. The van der Waals surface area contributed by atoms with Gasteiger partial charge < -0.3 is 9.94 Å². The van der Waals surface area contributed by atoms with Crippen molar-refractivity contribution in [1.82, 2.24) is 0 Å². The van der Waals surface area contributed by atoms with Crippen molar-refractivity contribution in [3.63, 3.8) is 0 Å². The molecule has 1 aliphatic heterocycles. The summed E-state index contributed by atoms with van der Waals surface area (Å²) in [5, 5.41) is 12.9. The zero-order chi connectivity index (χ0) is 14.0. The minimum absolute atomic E-state index is 0.0395. The Balaban J connectivity index is 2.09. The van der Waals surface area contributed by atoms with Crippen molar-refractivity contribution >= 4 is 11.7 Å². The fourth-order valence-corrected chi connectivity index (χ4v) is 2.44. The Morgan fingerprint density at radius 2 is 1.50 bits per heavy atom. The third-order valence-corrected chi connectivity index (χ3v) is 3.46. The average Bonchev–Trinajstić information content (AvgIpc) is 2.96. The Hall–Kier alpha value is -2.62. The van der Waals surface area contributed by atoms with Crippen molar-refractivity contribution in [2.24, 2.45) is 5.16 Å². The van der Waals surface area contributed by atoms with Gasteiger partial charge in [-0.15, -0.1) is 0 Å². The molecule has 1 N–H and O–H groups in total. The van der Waals surface area contributed by atoms with Crippen LogP contribution in [0.2, 0.25) is 0 Å². The molecule has 0 radical (unpaired) electrons. The molecule has 20 heavy (non-hydrogen) atoms. The summed E-state index contributed by atoms with van der Waals surface area (Å²) in [5.74, 6) is -1.04. The molecule has 0 saturated heterocycles. The van der Waals surface area contributed by atoms with Crippen LogP contribution in [0.3, 0.4) is 0 Å². The van der Waals surface area contributed by atoms with Crippen LogP contribution in [-0.4, -0.2) is 16.8 Å². The molecule has 0 atom stereocenters. The summed E-state index contributed by atoms with van der Waals surface area (Å²) in [6.45, 7) is 0. The molecule has 1 heterocycles. The van der Waals surface area contributed by atoms with Crippen LogP contribution in [-0.2, 0) is 15.2 Å². The first-order chi connectivity index (χ1) is 9.72. The van der Waals surface area contributed by atoms with Gasteiger partial charge in [0.25, 0.3) is 0 Å². The fraction of sp³-hybridized carbons (Fsp3) is 0.125. The number of carboxylic acid groups (broad SMARTS) is 1. The van der Waals surface area contributed by atoms with Gasteiger partial charge in [-0.3, -0.25) is 0 Å². The summed E-state index contributed by atoms with van der Waals surface area (Å²) in [6.07, 6.45) is 0.219. The number of carbonyl (C=O) groups is 1. The lowest BCUT2D eigenvalue weighted by Gasteiger charge is -2.27. The molecule has 0 unspecified atom stereocenters. The number of benzene rings is 2. The highest BCUT2D eigenvalue weighted by Gasteiger charge is 2.44. The molecule has 0 amide bonds. The summed E-state index contributed by atoms with van der Waals surface area (Å²) >= 11 is 0. The summed E-state index contributed by atoms with van der Waals surface area (Å²) < 4.78 is 0. The zero-order valence-electron chi connectivity index (χ0n) is 10.7. The molecule has 2 aromatic rings. The van der Waals surface area contributed by atoms with Crippen molar-refractivity contribution in [2.45, 2.75) is 12.0 Å². The molecule has 0 bridgehead atoms. The first-order valence-electron chi connectivity index (χ1n) is 6.32. The summed E-state index contributed by atoms with van der Waals surface area (Å²) in [6, 6.07) is 19.1. The minimum Gasteiger partial charge on any atom is -0.477 e. The van der Waals surface area contributed by atoms with E-state index in [0.717, 1.165) is 11.1 Å². The van der Waals surface area contributed by atoms with E-state index in [9.17, 15) is 4.79 Å². The van der Waals surface area contributed by atoms with Crippen LogP contribution in [0.5, 0.6) is 0 Å². The van der Waals surface area contributed by atoms with Gasteiger partial charge in [-0.1, -0.05) is 65.8 Å². The Morgan fingerprint density at radius 3 is 1.90 bits per heavy atom. The second kappa shape index (κ2) is 4.81. The van der Waals surface area contributed by atoms with E-state index >= 15 is 0 Å². The molecule has 3 rings (SSSR count). The van der Waals surface area contributed by atoms with Crippen LogP contribution in [0.25, 0.3) is 0 Å². The Labute approximate surface area is 116 Å². The van der Waals surface area contributed by atoms with Gasteiger partial charge in [0.2, 0.25) is 0 Å². The van der Waals surface area contributed by atoms with Gasteiger partial charge in [0.15, 0.2) is 11.3 Å². The van der Waals surface area contributed by atoms with Crippen LogP contribution in [0.15, 0.2) is 65.8 Å². The molecule has 0 spiro atoms. The molecule has 100 valence electrons. The van der Waals surface area contributed by atoms with E-state index < -0.39 is 11.6 Å². The SMILES string of the molecule is O=C(O)C1=NOC(c2ccccc2)(c2ccccc2)C1. The van der Waals surface area contributed by atoms with E-state index in [0.29, 0.717) is 0 Å². The number of hydrogen-bond donors (Lipinski definition) is 1. The second-order valence-electron chi connectivity index (χ2n) is 4.67. The molecule has 4 heteroatoms. The predicted molar refractivity (Wildman–Crippen MR) is 74.4 cm³/mol. The van der Waals surface area contributed by atoms with Crippen molar-refractivity contribution in [3.8, 4) is 0 Å². The van der Waals surface area contributed by atoms with E-state index in [-0.39, 0.29) is 12.1 Å². The van der Waals surface area contributed by atoms with Crippen LogP contribution < -0.4 is 0 Å². The van der Waals surface area contributed by atoms with Crippen LogP contribution in [0.4, 0.5) is 0 Å². The average molecular weight is 267 g/mol. The molecule has 4 nitrogen and oxygen atoms in total. The van der Waals surface area contributed by atoms with Gasteiger partial charge in [0.05, 0.1) is 6.42 Å². The third kappa shape index (κ3) is 1.95. The quantitative estimate of drug-likeness (QED) is 0.930. The van der Waals surface area contributed by atoms with Gasteiger partial charge in [-0.25, -0.2) is 4.79 Å². The second-order valence-corrected chi connectivity index (χ2v) is 4.67. The molecular weight excluding hydrogens is 254 g/mol. The Kier molecular flexibility index (Phi) is 2.99. The monoisotopic (exact) mass is 267 g/mol. The normalized spacial score (nSPS) is 16.3. The molecule has 0 fully saturated rings. The van der Waals surface area contributed by atoms with E-state index in [1.165, 1.54) is 0 Å². The number of aliphatic carboxylic acids is 1. The number of nitrogens with zero attached hydrogens (tertiary/aromatic N) is 1. The third-order valence-electron chi connectivity index (χ3n) is 3.46. The lowest BCUT2D eigenvalue weighted by molar-refractivity contribution is -0.129. The molecule has 0 saturated carbocycles. The van der Waals surface area contributed by atoms with E-state index in [1.807, 2.05) is 60.7 Å². The predicted octanol–water partition coefficient (Wildman–Crippen LogP) is 2.79. The minimum atomic E-state index is -1.04. The standard InChI is InChI=1S/C16H13NO3/c18-15(19)14-11-16(20-17-14,12-7-3-1-4-8-12)13-9-5-2-6-10-13/h1-10H,11H2,(H,18,19). The Morgan fingerprint density at radius 1 is 1.00 bits per heavy atom. The van der Waals surface area contributed by atoms with Gasteiger partial charge in [0, 0.05) is 11.1 Å². The van der Waals surface area contributed by atoms with Crippen LogP contribution in [0, 0.1) is 0 Å². The number of carboxylic acids is 1. The van der Waals surface area contributed by atoms with Gasteiger partial charge in [-0.05, 0) is 0 Å². The van der Waals surface area contributed by atoms with Gasteiger partial charge in [-0.2, -0.15) is 0 Å². The lowest BCUT2D eigenvalue weighted by atomic mass is 9.82. The largest absolute Gasteiger partial charge is 0.477 e. The highest BCUT2D eigenvalue weighted by atomic mass is 16.7. The molecular formula is C16H13NO3. The van der Waals surface area contributed by atoms with Crippen molar-refractivity contribution in [2.75, 3.05) is 0 Å². The highest BCUT2D eigenvalue weighted by molar-refractivity contribution is 6.36. The highest BCUT2D eigenvalue weighted by Crippen LogP contribution is 2.41. The number of hydrogen-bond acceptors (Lipinski definition) is 3. The van der Waals surface area contributed by atoms with E-state index in [2.05, 4.69) is 5.16 Å². The fourth-order valence-electron chi connectivity index (χ4n) is 2.44. The molecule has 1 aliphatic rings. The van der Waals surface area contributed by atoms with Crippen molar-refractivity contribution in [3.05, 3.63) is 71.8 Å². The number of rotatable bonds is 3. The van der Waals surface area contributed by atoms with Crippen LogP contribution in [0.1, 0.15) is 17.5 Å². The lowest BCUT2D eigenvalue weighted by Crippen LogP contribution is -2.29. The van der Waals surface area contributed by atoms with Gasteiger partial charge >= 0.3 is 5.97 Å². The summed E-state index contributed by atoms with van der Waals surface area (Å²) in [5.41, 5.74) is 0.978. The van der Waals surface area contributed by atoms with Crippen molar-refractivity contribution in [1.29, 1.82) is 0 Å². The first kappa shape index (κ1) is 12.4. The molecule has 0 aromatic heterocycles. The Bertz CT molecular complexity index is 610. The van der Waals surface area contributed by atoms with E-state index in [4.69, 9.17) is 9.94 Å². The van der Waals surface area contributed by atoms with Crippen LogP contribution >= 0.6 is 0 Å². The first-order valence-corrected chi connectivity index (χ1v) is 6.32. The zero-order valence-corrected chi connectivity index (χ0v) is 10.7. The van der Waals surface area contributed by atoms with Gasteiger partial charge in [0.1, 0.15) is 0 Å². The smallest absolute Gasteiger partial charge is 0.353 e. The number of oxime groups is 1. The van der Waals surface area contributed by atoms with E-state index in [1.54, 1.807) is 0 Å². The molecule has 0 aliphatic carbocycles. The maximum Gasteiger partial charge on any atom is 0.353 e. The van der Waals surface area contributed by atoms with Crippen molar-refractivity contribution < 1.29 is 14.7 Å². The maximum absolute atomic E-state index is 11.1. The topological polar surface area (TPSA) is 58.9 Å². The maximum atomic E-state index is 11.1. The molecule has 2 aromatic carbocycles.